The topological polar surface area (TPSA) is 125 Å². The summed E-state index contributed by atoms with van der Waals surface area (Å²) in [6, 6.07) is 12.3. The molecule has 3 rings (SSSR count). The second-order valence-electron chi connectivity index (χ2n) is 9.88. The fourth-order valence-corrected chi connectivity index (χ4v) is 5.78. The molecule has 10 nitrogen and oxygen atoms in total. The molecule has 0 aliphatic carbocycles. The molecule has 0 aliphatic heterocycles. The van der Waals surface area contributed by atoms with E-state index < -0.39 is 31.4 Å². The van der Waals surface area contributed by atoms with E-state index in [1.54, 1.807) is 64.4 Å². The number of aromatic nitrogens is 1. The number of carbonyl (C=O) groups excluding carboxylic acids is 2. The molecule has 1 unspecified atom stereocenters. The molecule has 1 amide bonds. The van der Waals surface area contributed by atoms with Crippen molar-refractivity contribution in [2.75, 3.05) is 18.5 Å². The van der Waals surface area contributed by atoms with Gasteiger partial charge in [-0.2, -0.15) is 0 Å². The molecule has 1 aromatic heterocycles. The summed E-state index contributed by atoms with van der Waals surface area (Å²) in [5.74, 6) is -0.480. The first-order chi connectivity index (χ1) is 18.4. The Bertz CT molecular complexity index is 1340. The molecule has 0 saturated carbocycles. The quantitative estimate of drug-likeness (QED) is 0.227. The highest BCUT2D eigenvalue weighted by atomic mass is 31.2. The lowest BCUT2D eigenvalue weighted by Gasteiger charge is -2.21. The van der Waals surface area contributed by atoms with Crippen molar-refractivity contribution in [3.63, 3.8) is 0 Å². The van der Waals surface area contributed by atoms with E-state index in [-0.39, 0.29) is 37.4 Å². The predicted octanol–water partition coefficient (Wildman–Crippen LogP) is 5.68. The molecule has 11 heteroatoms. The maximum absolute atomic E-state index is 13.9. The molecule has 212 valence electrons. The van der Waals surface area contributed by atoms with Crippen LogP contribution in [0.3, 0.4) is 0 Å². The second kappa shape index (κ2) is 12.8. The van der Waals surface area contributed by atoms with Crippen LogP contribution in [0.4, 0.5) is 10.5 Å². The average Bonchev–Trinajstić information content (AvgIpc) is 3.19. The smallest absolute Gasteiger partial charge is 0.411 e. The molecule has 0 fully saturated rings. The molecule has 0 aliphatic rings. The third-order valence-corrected chi connectivity index (χ3v) is 7.70. The van der Waals surface area contributed by atoms with Crippen LogP contribution in [0, 0.1) is 0 Å². The fourth-order valence-electron chi connectivity index (χ4n) is 4.04. The molecule has 1 atom stereocenters. The van der Waals surface area contributed by atoms with Gasteiger partial charge in [-0.05, 0) is 59.2 Å². The Labute approximate surface area is 228 Å². The number of ether oxygens (including phenoxy) is 2. The molecule has 0 spiro atoms. The maximum Gasteiger partial charge on any atom is 0.411 e. The van der Waals surface area contributed by atoms with Crippen molar-refractivity contribution in [3.8, 4) is 0 Å². The molecule has 2 aromatic carbocycles. The first-order valence-electron chi connectivity index (χ1n) is 12.8. The first-order valence-corrected chi connectivity index (χ1v) is 14.3. The van der Waals surface area contributed by atoms with Gasteiger partial charge in [0.15, 0.2) is 0 Å². The standard InChI is InChI=1S/C28H37N2O8P/c1-7-36-39(34,37-8-2)25-14-21-22(19(3)31)16-30(17-26(32)38-28(4,5)6)24(21)15-23(25)29-27(33)35-18-20-12-10-9-11-13-20/h9-16,19,31H,7-8,17-18H2,1-6H3,(H,29,33). The van der Waals surface area contributed by atoms with Crippen molar-refractivity contribution in [1.82, 2.24) is 4.57 Å². The number of nitrogens with one attached hydrogen (secondary N) is 1. The maximum atomic E-state index is 13.9. The Morgan fingerprint density at radius 3 is 2.28 bits per heavy atom. The van der Waals surface area contributed by atoms with Gasteiger partial charge >= 0.3 is 19.7 Å². The highest BCUT2D eigenvalue weighted by Gasteiger charge is 2.32. The van der Waals surface area contributed by atoms with Crippen LogP contribution in [0.2, 0.25) is 0 Å². The van der Waals surface area contributed by atoms with E-state index in [4.69, 9.17) is 18.5 Å². The molecule has 39 heavy (non-hydrogen) atoms. The SMILES string of the molecule is CCOP(=O)(OCC)c1cc2c(C(C)O)cn(CC(=O)OC(C)(C)C)c2cc1NC(=O)OCc1ccccc1. The van der Waals surface area contributed by atoms with Gasteiger partial charge in [0.05, 0.1) is 35.8 Å². The van der Waals surface area contributed by atoms with Crippen LogP contribution in [-0.2, 0) is 41.0 Å². The average molecular weight is 561 g/mol. The highest BCUT2D eigenvalue weighted by molar-refractivity contribution is 7.62. The van der Waals surface area contributed by atoms with Crippen LogP contribution < -0.4 is 10.6 Å². The fraction of sp³-hybridized carbons (Fsp3) is 0.429. The number of esters is 1. The van der Waals surface area contributed by atoms with Crippen molar-refractivity contribution in [1.29, 1.82) is 0 Å². The van der Waals surface area contributed by atoms with Crippen LogP contribution in [0.5, 0.6) is 0 Å². The molecule has 2 N–H and O–H groups in total. The van der Waals surface area contributed by atoms with Gasteiger partial charge in [0, 0.05) is 17.1 Å². The monoisotopic (exact) mass is 560 g/mol. The number of fused-ring (bicyclic) bond motifs is 1. The number of hydrogen-bond acceptors (Lipinski definition) is 8. The van der Waals surface area contributed by atoms with E-state index in [1.807, 2.05) is 30.3 Å². The van der Waals surface area contributed by atoms with Gasteiger partial charge in [-0.15, -0.1) is 0 Å². The largest absolute Gasteiger partial charge is 0.459 e. The first kappa shape index (κ1) is 30.4. The summed E-state index contributed by atoms with van der Waals surface area (Å²) in [4.78, 5) is 25.5. The van der Waals surface area contributed by atoms with Gasteiger partial charge in [-0.25, -0.2) is 4.79 Å². The number of hydrogen-bond donors (Lipinski definition) is 2. The second-order valence-corrected chi connectivity index (χ2v) is 11.9. The van der Waals surface area contributed by atoms with Crippen molar-refractivity contribution in [2.45, 2.75) is 66.4 Å². The number of aliphatic hydroxyl groups is 1. The van der Waals surface area contributed by atoms with Crippen molar-refractivity contribution in [3.05, 3.63) is 59.8 Å². The summed E-state index contributed by atoms with van der Waals surface area (Å²) < 4.78 is 37.5. The van der Waals surface area contributed by atoms with E-state index >= 15 is 0 Å². The summed E-state index contributed by atoms with van der Waals surface area (Å²) in [6.07, 6.45) is -0.0549. The third-order valence-electron chi connectivity index (χ3n) is 5.54. The Morgan fingerprint density at radius 2 is 1.72 bits per heavy atom. The third kappa shape index (κ3) is 7.92. The Morgan fingerprint density at radius 1 is 1.08 bits per heavy atom. The molecule has 3 aromatic rings. The van der Waals surface area contributed by atoms with Gasteiger partial charge in [0.1, 0.15) is 18.8 Å². The minimum Gasteiger partial charge on any atom is -0.459 e. The molecular formula is C28H37N2O8P. The zero-order chi connectivity index (χ0) is 28.8. The molecule has 0 radical (unpaired) electrons. The van der Waals surface area contributed by atoms with Crippen molar-refractivity contribution < 1.29 is 37.8 Å². The van der Waals surface area contributed by atoms with E-state index in [0.717, 1.165) is 5.56 Å². The summed E-state index contributed by atoms with van der Waals surface area (Å²) in [7, 11) is -3.90. The summed E-state index contributed by atoms with van der Waals surface area (Å²) >= 11 is 0. The number of benzene rings is 2. The minimum absolute atomic E-state index is 0.0278. The zero-order valence-electron chi connectivity index (χ0n) is 23.2. The van der Waals surface area contributed by atoms with E-state index in [0.29, 0.717) is 16.5 Å². The van der Waals surface area contributed by atoms with Crippen LogP contribution in [0.1, 0.15) is 58.8 Å². The predicted molar refractivity (Wildman–Crippen MR) is 149 cm³/mol. The van der Waals surface area contributed by atoms with E-state index in [1.165, 1.54) is 0 Å². The summed E-state index contributed by atoms with van der Waals surface area (Å²) in [6.45, 7) is 10.3. The van der Waals surface area contributed by atoms with Gasteiger partial charge in [0.25, 0.3) is 0 Å². The highest BCUT2D eigenvalue weighted by Crippen LogP contribution is 2.50. The van der Waals surface area contributed by atoms with Crippen LogP contribution in [-0.4, -0.2) is 40.6 Å². The Balaban J connectivity index is 2.10. The lowest BCUT2D eigenvalue weighted by molar-refractivity contribution is -0.155. The molecule has 0 bridgehead atoms. The normalized spacial score (nSPS) is 12.8. The Hall–Kier alpha value is -3.17. The molecule has 0 saturated heterocycles. The van der Waals surface area contributed by atoms with Crippen LogP contribution in [0.25, 0.3) is 10.9 Å². The van der Waals surface area contributed by atoms with Crippen LogP contribution in [0.15, 0.2) is 48.7 Å². The van der Waals surface area contributed by atoms with E-state index in [9.17, 15) is 19.3 Å². The zero-order valence-corrected chi connectivity index (χ0v) is 24.1. The lowest BCUT2D eigenvalue weighted by Crippen LogP contribution is -2.26. The Kier molecular flexibility index (Phi) is 9.96. The van der Waals surface area contributed by atoms with Gasteiger partial charge in [0.2, 0.25) is 0 Å². The number of carbonyl (C=O) groups is 2. The summed E-state index contributed by atoms with van der Waals surface area (Å²) in [5, 5.41) is 13.8. The molecular weight excluding hydrogens is 523 g/mol. The van der Waals surface area contributed by atoms with Crippen molar-refractivity contribution >= 4 is 41.6 Å². The number of amides is 1. The minimum atomic E-state index is -3.90. The van der Waals surface area contributed by atoms with Gasteiger partial charge in [-0.1, -0.05) is 30.3 Å². The number of aliphatic hydroxyl groups excluding tert-OH is 1. The van der Waals surface area contributed by atoms with Crippen molar-refractivity contribution in [2.24, 2.45) is 0 Å². The van der Waals surface area contributed by atoms with E-state index in [2.05, 4.69) is 5.32 Å². The number of nitrogens with zero attached hydrogens (tertiary/aromatic N) is 1. The van der Waals surface area contributed by atoms with Crippen LogP contribution >= 0.6 is 7.60 Å². The molecule has 1 heterocycles. The van der Waals surface area contributed by atoms with Gasteiger partial charge in [-0.3, -0.25) is 14.7 Å². The van der Waals surface area contributed by atoms with Gasteiger partial charge < -0.3 is 28.2 Å². The number of rotatable bonds is 11. The summed E-state index contributed by atoms with van der Waals surface area (Å²) in [5.41, 5.74) is 1.24. The lowest BCUT2D eigenvalue weighted by atomic mass is 10.1. The number of anilines is 1.